The molecule has 1 aliphatic heterocycles. The summed E-state index contributed by atoms with van der Waals surface area (Å²) in [5.41, 5.74) is 0. The molecule has 1 fully saturated rings. The van der Waals surface area contributed by atoms with Crippen LogP contribution in [-0.4, -0.2) is 30.3 Å². The fourth-order valence-electron chi connectivity index (χ4n) is 2.31. The van der Waals surface area contributed by atoms with Crippen LogP contribution < -0.4 is 9.88 Å². The molecule has 1 aromatic rings. The number of rotatable bonds is 2. The van der Waals surface area contributed by atoms with Gasteiger partial charge in [-0.25, -0.2) is 17.6 Å². The van der Waals surface area contributed by atoms with E-state index in [1.54, 1.807) is 0 Å². The third-order valence-electron chi connectivity index (χ3n) is 3.09. The molecule has 0 bridgehead atoms. The summed E-state index contributed by atoms with van der Waals surface area (Å²) in [7, 11) is -1.79. The number of hydrogen-bond donors (Lipinski definition) is 1. The highest BCUT2D eigenvalue weighted by Gasteiger charge is 2.23. The van der Waals surface area contributed by atoms with Crippen molar-refractivity contribution < 1.29 is 17.5 Å². The first kappa shape index (κ1) is 16.1. The van der Waals surface area contributed by atoms with Gasteiger partial charge < -0.3 is 4.55 Å². The van der Waals surface area contributed by atoms with E-state index in [4.69, 9.17) is 13.0 Å². The summed E-state index contributed by atoms with van der Waals surface area (Å²) in [5.74, 6) is 1.41. The van der Waals surface area contributed by atoms with Crippen molar-refractivity contribution in [1.82, 2.24) is 9.88 Å². The quantitative estimate of drug-likeness (QED) is 0.628. The second kappa shape index (κ2) is 7.02. The first-order valence-electron chi connectivity index (χ1n) is 6.52. The minimum absolute atomic E-state index is 0.528. The molecule has 0 aromatic carbocycles. The van der Waals surface area contributed by atoms with Gasteiger partial charge in [0.25, 0.3) is 5.82 Å². The van der Waals surface area contributed by atoms with Crippen molar-refractivity contribution in [1.29, 1.82) is 0 Å². The lowest BCUT2D eigenvalue weighted by Gasteiger charge is -2.21. The molecule has 0 amide bonds. The van der Waals surface area contributed by atoms with Gasteiger partial charge in [0.2, 0.25) is 0 Å². The lowest BCUT2D eigenvalue weighted by molar-refractivity contribution is -0.678. The Morgan fingerprint density at radius 3 is 2.63 bits per heavy atom. The van der Waals surface area contributed by atoms with Crippen LogP contribution >= 0.6 is 0 Å². The zero-order valence-corrected chi connectivity index (χ0v) is 12.6. The first-order chi connectivity index (χ1) is 8.83. The van der Waals surface area contributed by atoms with E-state index in [2.05, 4.69) is 40.8 Å². The Hall–Kier alpha value is -0.920. The Kier molecular flexibility index (Phi) is 5.96. The molecule has 0 saturated carbocycles. The van der Waals surface area contributed by atoms with Gasteiger partial charge in [-0.05, 0) is 19.4 Å². The molecule has 1 aromatic heterocycles. The van der Waals surface area contributed by atoms with E-state index in [0.717, 1.165) is 13.0 Å². The SMILES string of the molecule is CCc1n(C2CCCCN2)cc[n+]1C.CS(=O)(=O)[O-]. The topological polar surface area (TPSA) is 78.0 Å². The maximum atomic E-state index is 9.08. The third kappa shape index (κ3) is 5.71. The van der Waals surface area contributed by atoms with Gasteiger partial charge in [0.1, 0.15) is 12.4 Å². The van der Waals surface area contributed by atoms with Gasteiger partial charge in [0.15, 0.2) is 6.17 Å². The molecule has 1 atom stereocenters. The largest absolute Gasteiger partial charge is 0.748 e. The van der Waals surface area contributed by atoms with Crippen LogP contribution in [0.15, 0.2) is 12.4 Å². The molecule has 2 rings (SSSR count). The van der Waals surface area contributed by atoms with Crippen LogP contribution in [-0.2, 0) is 23.6 Å². The van der Waals surface area contributed by atoms with Crippen LogP contribution in [0, 0.1) is 0 Å². The highest BCUT2D eigenvalue weighted by atomic mass is 32.2. The average molecular weight is 289 g/mol. The van der Waals surface area contributed by atoms with Gasteiger partial charge >= 0.3 is 0 Å². The second-order valence-corrected chi connectivity index (χ2v) is 6.16. The lowest BCUT2D eigenvalue weighted by atomic mass is 10.1. The van der Waals surface area contributed by atoms with Crippen molar-refractivity contribution in [2.45, 2.75) is 38.8 Å². The maximum Gasteiger partial charge on any atom is 0.257 e. The zero-order chi connectivity index (χ0) is 14.5. The molecule has 19 heavy (non-hydrogen) atoms. The van der Waals surface area contributed by atoms with E-state index in [1.807, 2.05) is 0 Å². The number of hydrogen-bond acceptors (Lipinski definition) is 4. The Bertz CT molecular complexity index is 482. The first-order valence-corrected chi connectivity index (χ1v) is 8.34. The van der Waals surface area contributed by atoms with Gasteiger partial charge in [-0.1, -0.05) is 6.92 Å². The number of aryl methyl sites for hydroxylation is 1. The molecular formula is C12H23N3O3S. The van der Waals surface area contributed by atoms with Crippen molar-refractivity contribution in [3.05, 3.63) is 18.2 Å². The Labute approximate surface area is 115 Å². The Balaban J connectivity index is 0.000000312. The summed E-state index contributed by atoms with van der Waals surface area (Å²) in [4.78, 5) is 0. The van der Waals surface area contributed by atoms with Crippen molar-refractivity contribution in [2.24, 2.45) is 7.05 Å². The monoisotopic (exact) mass is 289 g/mol. The van der Waals surface area contributed by atoms with Crippen LogP contribution in [0.4, 0.5) is 0 Å². The number of imidazole rings is 1. The van der Waals surface area contributed by atoms with Gasteiger partial charge in [-0.3, -0.25) is 5.32 Å². The average Bonchev–Trinajstić information content (AvgIpc) is 2.69. The minimum atomic E-state index is -3.92. The molecule has 1 saturated heterocycles. The molecule has 2 heterocycles. The second-order valence-electron chi connectivity index (χ2n) is 4.76. The van der Waals surface area contributed by atoms with Gasteiger partial charge in [0.05, 0.1) is 17.2 Å². The molecule has 1 N–H and O–H groups in total. The van der Waals surface area contributed by atoms with E-state index in [0.29, 0.717) is 12.4 Å². The molecule has 1 aliphatic rings. The maximum absolute atomic E-state index is 9.08. The predicted octanol–water partition coefficient (Wildman–Crippen LogP) is 0.309. The van der Waals surface area contributed by atoms with E-state index in [9.17, 15) is 0 Å². The Morgan fingerprint density at radius 2 is 2.16 bits per heavy atom. The van der Waals surface area contributed by atoms with Crippen LogP contribution in [0.5, 0.6) is 0 Å². The highest BCUT2D eigenvalue weighted by Crippen LogP contribution is 2.17. The minimum Gasteiger partial charge on any atom is -0.748 e. The van der Waals surface area contributed by atoms with Crippen molar-refractivity contribution in [3.63, 3.8) is 0 Å². The van der Waals surface area contributed by atoms with Gasteiger partial charge in [-0.2, -0.15) is 0 Å². The molecule has 6 nitrogen and oxygen atoms in total. The molecule has 0 aliphatic carbocycles. The molecule has 7 heteroatoms. The van der Waals surface area contributed by atoms with E-state index in [-0.39, 0.29) is 0 Å². The van der Waals surface area contributed by atoms with Gasteiger partial charge in [0, 0.05) is 19.1 Å². The van der Waals surface area contributed by atoms with E-state index >= 15 is 0 Å². The molecular weight excluding hydrogens is 266 g/mol. The predicted molar refractivity (Wildman–Crippen MR) is 71.5 cm³/mol. The third-order valence-corrected chi connectivity index (χ3v) is 3.09. The van der Waals surface area contributed by atoms with Crippen molar-refractivity contribution >= 4 is 10.1 Å². The van der Waals surface area contributed by atoms with E-state index < -0.39 is 10.1 Å². The van der Waals surface area contributed by atoms with Crippen molar-refractivity contribution in [3.8, 4) is 0 Å². The van der Waals surface area contributed by atoms with Crippen LogP contribution in [0.25, 0.3) is 0 Å². The highest BCUT2D eigenvalue weighted by molar-refractivity contribution is 7.84. The summed E-state index contributed by atoms with van der Waals surface area (Å²) in [6, 6.07) is 0. The summed E-state index contributed by atoms with van der Waals surface area (Å²) >= 11 is 0. The standard InChI is InChI=1S/C11H20N3.CH4O3S/c1-3-11-13(2)8-9-14(11)10-6-4-5-7-12-10;1-5(2,3)4/h8-10,12H,3-7H2,1-2H3;1H3,(H,2,3,4)/q+1;/p-1. The summed E-state index contributed by atoms with van der Waals surface area (Å²) in [5, 5.41) is 3.57. The summed E-state index contributed by atoms with van der Waals surface area (Å²) in [6.07, 6.45) is 10.5. The molecule has 0 spiro atoms. The van der Waals surface area contributed by atoms with Crippen LogP contribution in [0.2, 0.25) is 0 Å². The number of nitrogens with one attached hydrogen (secondary N) is 1. The number of aromatic nitrogens is 2. The fourth-order valence-corrected chi connectivity index (χ4v) is 2.31. The number of nitrogens with zero attached hydrogens (tertiary/aromatic N) is 2. The van der Waals surface area contributed by atoms with Crippen LogP contribution in [0.3, 0.4) is 0 Å². The van der Waals surface area contributed by atoms with E-state index in [1.165, 1.54) is 25.1 Å². The van der Waals surface area contributed by atoms with Gasteiger partial charge in [-0.15, -0.1) is 0 Å². The van der Waals surface area contributed by atoms with Crippen LogP contribution in [0.1, 0.15) is 38.2 Å². The molecule has 1 unspecified atom stereocenters. The lowest BCUT2D eigenvalue weighted by Crippen LogP contribution is -2.37. The Morgan fingerprint density at radius 1 is 1.53 bits per heavy atom. The summed E-state index contributed by atoms with van der Waals surface area (Å²) < 4.78 is 31.8. The fraction of sp³-hybridized carbons (Fsp3) is 0.750. The smallest absolute Gasteiger partial charge is 0.257 e. The zero-order valence-electron chi connectivity index (χ0n) is 11.8. The summed E-state index contributed by atoms with van der Waals surface area (Å²) in [6.45, 7) is 3.38. The molecule has 0 radical (unpaired) electrons. The normalized spacial score (nSPS) is 19.7. The van der Waals surface area contributed by atoms with Crippen molar-refractivity contribution in [2.75, 3.05) is 12.8 Å². The molecule has 110 valence electrons. The number of piperidine rings is 1.